The number of carbonyl (C=O) groups excluding carboxylic acids is 2. The summed E-state index contributed by atoms with van der Waals surface area (Å²) in [6, 6.07) is 14.5. The zero-order valence-corrected chi connectivity index (χ0v) is 22.6. The van der Waals surface area contributed by atoms with Crippen LogP contribution in [0.5, 0.6) is 0 Å². The Morgan fingerprint density at radius 3 is 2.23 bits per heavy atom. The molecule has 0 radical (unpaired) electrons. The van der Waals surface area contributed by atoms with Crippen LogP contribution >= 0.6 is 0 Å². The number of hydrogen-bond acceptors (Lipinski definition) is 4. The minimum absolute atomic E-state index is 0.130. The first-order valence-electron chi connectivity index (χ1n) is 12.1. The second-order valence-electron chi connectivity index (χ2n) is 9.48. The molecule has 0 aromatic heterocycles. The molecular formula is C27H39N3O4S. The fourth-order valence-electron chi connectivity index (χ4n) is 3.80. The molecule has 0 heterocycles. The summed E-state index contributed by atoms with van der Waals surface area (Å²) in [4.78, 5) is 27.6. The predicted octanol–water partition coefficient (Wildman–Crippen LogP) is 4.04. The average Bonchev–Trinajstić information content (AvgIpc) is 2.80. The molecule has 0 saturated heterocycles. The summed E-state index contributed by atoms with van der Waals surface area (Å²) in [5.74, 6) is -0.0805. The van der Waals surface area contributed by atoms with Crippen LogP contribution in [-0.4, -0.2) is 50.5 Å². The van der Waals surface area contributed by atoms with Gasteiger partial charge in [0.1, 0.15) is 6.04 Å². The number of nitrogens with one attached hydrogen (secondary N) is 1. The van der Waals surface area contributed by atoms with E-state index in [4.69, 9.17) is 0 Å². The zero-order chi connectivity index (χ0) is 26.2. The van der Waals surface area contributed by atoms with E-state index in [9.17, 15) is 18.0 Å². The number of nitrogens with zero attached hydrogens (tertiary/aromatic N) is 2. The summed E-state index contributed by atoms with van der Waals surface area (Å²) >= 11 is 0. The van der Waals surface area contributed by atoms with Crippen LogP contribution < -0.4 is 9.62 Å². The number of rotatable bonds is 12. The van der Waals surface area contributed by atoms with Gasteiger partial charge in [-0.3, -0.25) is 13.9 Å². The van der Waals surface area contributed by atoms with Gasteiger partial charge in [-0.25, -0.2) is 8.42 Å². The molecule has 2 aromatic rings. The Hall–Kier alpha value is -2.87. The maximum absolute atomic E-state index is 13.3. The molecule has 1 unspecified atom stereocenters. The van der Waals surface area contributed by atoms with Gasteiger partial charge in [-0.15, -0.1) is 0 Å². The predicted molar refractivity (Wildman–Crippen MR) is 142 cm³/mol. The SMILES string of the molecule is Cc1cccc(N(CCCC(=O)N(Cc2ccccc2)C(C)C(=O)NCC(C)C)S(C)(=O)=O)c1C. The van der Waals surface area contributed by atoms with E-state index in [1.165, 1.54) is 10.6 Å². The summed E-state index contributed by atoms with van der Waals surface area (Å²) in [7, 11) is -3.52. The van der Waals surface area contributed by atoms with Crippen LogP contribution in [0.2, 0.25) is 0 Å². The lowest BCUT2D eigenvalue weighted by Gasteiger charge is -2.30. The molecule has 0 aliphatic carbocycles. The maximum Gasteiger partial charge on any atom is 0.242 e. The van der Waals surface area contributed by atoms with E-state index < -0.39 is 16.1 Å². The van der Waals surface area contributed by atoms with Gasteiger partial charge in [0, 0.05) is 26.1 Å². The lowest BCUT2D eigenvalue weighted by atomic mass is 10.1. The first-order chi connectivity index (χ1) is 16.4. The highest BCUT2D eigenvalue weighted by molar-refractivity contribution is 7.92. The van der Waals surface area contributed by atoms with Gasteiger partial charge in [-0.1, -0.05) is 56.3 Å². The number of carbonyl (C=O) groups is 2. The molecule has 7 nitrogen and oxygen atoms in total. The Morgan fingerprint density at radius 2 is 1.63 bits per heavy atom. The van der Waals surface area contributed by atoms with Crippen molar-refractivity contribution < 1.29 is 18.0 Å². The summed E-state index contributed by atoms with van der Waals surface area (Å²) in [5, 5.41) is 2.91. The fourth-order valence-corrected chi connectivity index (χ4v) is 4.82. The lowest BCUT2D eigenvalue weighted by molar-refractivity contribution is -0.140. The topological polar surface area (TPSA) is 86.8 Å². The third-order valence-corrected chi connectivity index (χ3v) is 7.22. The van der Waals surface area contributed by atoms with Gasteiger partial charge in [0.2, 0.25) is 21.8 Å². The van der Waals surface area contributed by atoms with Crippen LogP contribution in [0.25, 0.3) is 0 Å². The molecule has 0 bridgehead atoms. The van der Waals surface area contributed by atoms with Gasteiger partial charge in [0.05, 0.1) is 11.9 Å². The van der Waals surface area contributed by atoms with Gasteiger partial charge in [0.15, 0.2) is 0 Å². The van der Waals surface area contributed by atoms with Gasteiger partial charge < -0.3 is 10.2 Å². The van der Waals surface area contributed by atoms with Crippen LogP contribution in [0.15, 0.2) is 48.5 Å². The number of sulfonamides is 1. The smallest absolute Gasteiger partial charge is 0.242 e. The Bertz CT molecular complexity index is 1100. The Morgan fingerprint density at radius 1 is 0.971 bits per heavy atom. The lowest BCUT2D eigenvalue weighted by Crippen LogP contribution is -2.48. The summed E-state index contributed by atoms with van der Waals surface area (Å²) in [5.41, 5.74) is 3.45. The maximum atomic E-state index is 13.3. The van der Waals surface area contributed by atoms with Gasteiger partial charge in [0.25, 0.3) is 0 Å². The van der Waals surface area contributed by atoms with Crippen molar-refractivity contribution >= 4 is 27.5 Å². The highest BCUT2D eigenvalue weighted by atomic mass is 32.2. The molecule has 1 atom stereocenters. The van der Waals surface area contributed by atoms with Crippen LogP contribution in [-0.2, 0) is 26.2 Å². The van der Waals surface area contributed by atoms with E-state index in [2.05, 4.69) is 5.32 Å². The second-order valence-corrected chi connectivity index (χ2v) is 11.4. The number of anilines is 1. The van der Waals surface area contributed by atoms with Crippen molar-refractivity contribution in [1.29, 1.82) is 0 Å². The summed E-state index contributed by atoms with van der Waals surface area (Å²) < 4.78 is 26.5. The third kappa shape index (κ3) is 8.38. The molecule has 192 valence electrons. The quantitative estimate of drug-likeness (QED) is 0.476. The molecule has 0 aliphatic heterocycles. The largest absolute Gasteiger partial charge is 0.354 e. The highest BCUT2D eigenvalue weighted by Gasteiger charge is 2.27. The van der Waals surface area contributed by atoms with Crippen molar-refractivity contribution in [1.82, 2.24) is 10.2 Å². The summed E-state index contributed by atoms with van der Waals surface area (Å²) in [6.07, 6.45) is 1.65. The number of benzene rings is 2. The van der Waals surface area contributed by atoms with Gasteiger partial charge in [-0.2, -0.15) is 0 Å². The van der Waals surface area contributed by atoms with Crippen molar-refractivity contribution in [3.8, 4) is 0 Å². The monoisotopic (exact) mass is 501 g/mol. The molecule has 0 fully saturated rings. The van der Waals surface area contributed by atoms with E-state index in [1.54, 1.807) is 17.9 Å². The van der Waals surface area contributed by atoms with Crippen molar-refractivity contribution in [2.75, 3.05) is 23.7 Å². The first kappa shape index (κ1) is 28.4. The molecule has 2 rings (SSSR count). The van der Waals surface area contributed by atoms with Gasteiger partial charge in [-0.05, 0) is 55.9 Å². The molecule has 35 heavy (non-hydrogen) atoms. The molecule has 0 spiro atoms. The Balaban J connectivity index is 2.16. The standard InChI is InChI=1S/C27H39N3O4S/c1-20(2)18-28-27(32)23(5)29(19-24-13-8-7-9-14-24)26(31)16-11-17-30(35(6,33)34)25-15-10-12-21(3)22(25)4/h7-10,12-15,20,23H,11,16-19H2,1-6H3,(H,28,32). The number of aryl methyl sites for hydroxylation is 1. The molecule has 2 amide bonds. The zero-order valence-electron chi connectivity index (χ0n) is 21.7. The van der Waals surface area contributed by atoms with Crippen molar-refractivity contribution in [3.63, 3.8) is 0 Å². The molecule has 0 saturated carbocycles. The van der Waals surface area contributed by atoms with Crippen molar-refractivity contribution in [3.05, 3.63) is 65.2 Å². The average molecular weight is 502 g/mol. The van der Waals surface area contributed by atoms with E-state index in [0.717, 1.165) is 16.7 Å². The minimum Gasteiger partial charge on any atom is -0.354 e. The number of hydrogen-bond donors (Lipinski definition) is 1. The molecule has 0 aliphatic rings. The molecule has 8 heteroatoms. The van der Waals surface area contributed by atoms with Crippen molar-refractivity contribution in [2.45, 2.75) is 60.0 Å². The number of amides is 2. The second kappa shape index (κ2) is 12.7. The van der Waals surface area contributed by atoms with E-state index in [1.807, 2.05) is 70.2 Å². The van der Waals surface area contributed by atoms with E-state index in [-0.39, 0.29) is 24.8 Å². The van der Waals surface area contributed by atoms with Crippen LogP contribution in [0, 0.1) is 19.8 Å². The fraction of sp³-hybridized carbons (Fsp3) is 0.481. The van der Waals surface area contributed by atoms with Gasteiger partial charge >= 0.3 is 0 Å². The Labute approximate surface area is 210 Å². The summed E-state index contributed by atoms with van der Waals surface area (Å²) in [6.45, 7) is 10.6. The Kier molecular flexibility index (Phi) is 10.3. The molecular weight excluding hydrogens is 462 g/mol. The van der Waals surface area contributed by atoms with Crippen LogP contribution in [0.1, 0.15) is 50.3 Å². The first-order valence-corrected chi connectivity index (χ1v) is 13.9. The molecule has 2 aromatic carbocycles. The third-order valence-electron chi connectivity index (χ3n) is 6.04. The van der Waals surface area contributed by atoms with E-state index in [0.29, 0.717) is 31.1 Å². The normalized spacial score (nSPS) is 12.3. The van der Waals surface area contributed by atoms with E-state index >= 15 is 0 Å². The van der Waals surface area contributed by atoms with Crippen molar-refractivity contribution in [2.24, 2.45) is 5.92 Å². The van der Waals surface area contributed by atoms with Crippen LogP contribution in [0.3, 0.4) is 0 Å². The minimum atomic E-state index is -3.52. The molecule has 1 N–H and O–H groups in total. The highest BCUT2D eigenvalue weighted by Crippen LogP contribution is 2.25. The van der Waals surface area contributed by atoms with Crippen LogP contribution in [0.4, 0.5) is 5.69 Å².